The fraction of sp³-hybridized carbons (Fsp3) is 0.304. The number of allylic oxidation sites excluding steroid dienone is 2. The fourth-order valence-electron chi connectivity index (χ4n) is 3.80. The van der Waals surface area contributed by atoms with Gasteiger partial charge >= 0.3 is 5.97 Å². The third-order valence-electron chi connectivity index (χ3n) is 5.27. The van der Waals surface area contributed by atoms with Crippen molar-refractivity contribution in [2.24, 2.45) is 5.92 Å². The second-order valence-corrected chi connectivity index (χ2v) is 7.03. The predicted molar refractivity (Wildman–Crippen MR) is 113 cm³/mol. The van der Waals surface area contributed by atoms with Crippen molar-refractivity contribution in [3.63, 3.8) is 0 Å². The van der Waals surface area contributed by atoms with Crippen molar-refractivity contribution in [1.29, 1.82) is 0 Å². The summed E-state index contributed by atoms with van der Waals surface area (Å²) in [6, 6.07) is 11.3. The van der Waals surface area contributed by atoms with E-state index in [-0.39, 0.29) is 12.3 Å². The first-order valence-electron chi connectivity index (χ1n) is 9.77. The van der Waals surface area contributed by atoms with Gasteiger partial charge in [-0.05, 0) is 48.3 Å². The van der Waals surface area contributed by atoms with Gasteiger partial charge in [-0.15, -0.1) is 0 Å². The summed E-state index contributed by atoms with van der Waals surface area (Å²) in [5.74, 6) is -1.63. The van der Waals surface area contributed by atoms with E-state index in [2.05, 4.69) is 0 Å². The van der Waals surface area contributed by atoms with E-state index >= 15 is 0 Å². The highest BCUT2D eigenvalue weighted by Gasteiger charge is 2.40. The van der Waals surface area contributed by atoms with E-state index in [1.165, 1.54) is 32.4 Å². The summed E-state index contributed by atoms with van der Waals surface area (Å²) in [4.78, 5) is 36.3. The summed E-state index contributed by atoms with van der Waals surface area (Å²) in [6.45, 7) is 1.80. The quantitative estimate of drug-likeness (QED) is 0.286. The van der Waals surface area contributed by atoms with Crippen LogP contribution in [0.2, 0.25) is 0 Å². The largest absolute Gasteiger partial charge is 0.493 e. The van der Waals surface area contributed by atoms with Crippen LogP contribution in [0, 0.1) is 16.0 Å². The Morgan fingerprint density at radius 3 is 2.52 bits per heavy atom. The van der Waals surface area contributed by atoms with Gasteiger partial charge in [0.15, 0.2) is 17.3 Å². The van der Waals surface area contributed by atoms with Gasteiger partial charge in [0.1, 0.15) is 5.92 Å². The van der Waals surface area contributed by atoms with E-state index < -0.39 is 28.5 Å². The van der Waals surface area contributed by atoms with Crippen LogP contribution in [0.3, 0.4) is 0 Å². The van der Waals surface area contributed by atoms with Crippen molar-refractivity contribution in [3.05, 3.63) is 69.8 Å². The van der Waals surface area contributed by atoms with Crippen molar-refractivity contribution in [3.8, 4) is 11.5 Å². The van der Waals surface area contributed by atoms with Gasteiger partial charge in [-0.25, -0.2) is 0 Å². The Bertz CT molecular complexity index is 1040. The maximum absolute atomic E-state index is 13.0. The van der Waals surface area contributed by atoms with Crippen molar-refractivity contribution in [1.82, 2.24) is 0 Å². The van der Waals surface area contributed by atoms with Gasteiger partial charge in [0.05, 0.1) is 25.7 Å². The first kappa shape index (κ1) is 22.0. The van der Waals surface area contributed by atoms with E-state index in [4.69, 9.17) is 14.2 Å². The lowest BCUT2D eigenvalue weighted by molar-refractivity contribution is -0.384. The number of ketones is 1. The Kier molecular flexibility index (Phi) is 6.69. The van der Waals surface area contributed by atoms with Crippen molar-refractivity contribution >= 4 is 23.0 Å². The third kappa shape index (κ3) is 4.58. The summed E-state index contributed by atoms with van der Waals surface area (Å²) in [7, 11) is 3.05. The second-order valence-electron chi connectivity index (χ2n) is 7.03. The molecule has 1 aliphatic rings. The molecule has 2 aromatic rings. The van der Waals surface area contributed by atoms with E-state index in [9.17, 15) is 19.7 Å². The van der Waals surface area contributed by atoms with Gasteiger partial charge in [0.25, 0.3) is 5.69 Å². The topological polar surface area (TPSA) is 105 Å². The highest BCUT2D eigenvalue weighted by Crippen LogP contribution is 2.42. The molecule has 162 valence electrons. The summed E-state index contributed by atoms with van der Waals surface area (Å²) in [5.41, 5.74) is 1.87. The normalized spacial score (nSPS) is 18.2. The molecule has 0 amide bonds. The zero-order chi connectivity index (χ0) is 22.5. The van der Waals surface area contributed by atoms with Crippen LogP contribution in [0.4, 0.5) is 5.69 Å². The van der Waals surface area contributed by atoms with Crippen molar-refractivity contribution in [2.75, 3.05) is 20.8 Å². The smallest absolute Gasteiger partial charge is 0.317 e. The molecule has 0 heterocycles. The molecule has 8 nitrogen and oxygen atoms in total. The van der Waals surface area contributed by atoms with Crippen LogP contribution in [0.25, 0.3) is 5.57 Å². The molecule has 0 saturated heterocycles. The van der Waals surface area contributed by atoms with Gasteiger partial charge in [-0.1, -0.05) is 18.2 Å². The Morgan fingerprint density at radius 2 is 1.87 bits per heavy atom. The van der Waals surface area contributed by atoms with Gasteiger partial charge in [-0.3, -0.25) is 19.7 Å². The molecule has 0 fully saturated rings. The number of methoxy groups -OCH3 is 2. The Hall–Kier alpha value is -3.68. The first-order valence-corrected chi connectivity index (χ1v) is 9.77. The molecule has 0 bridgehead atoms. The molecule has 0 unspecified atom stereocenters. The van der Waals surface area contributed by atoms with E-state index in [0.29, 0.717) is 29.1 Å². The Labute approximate surface area is 179 Å². The molecule has 0 N–H and O–H groups in total. The average molecular weight is 425 g/mol. The average Bonchev–Trinajstić information content (AvgIpc) is 2.78. The molecule has 3 rings (SSSR count). The number of nitro groups is 1. The third-order valence-corrected chi connectivity index (χ3v) is 5.27. The summed E-state index contributed by atoms with van der Waals surface area (Å²) >= 11 is 0. The Balaban J connectivity index is 2.07. The van der Waals surface area contributed by atoms with Crippen LogP contribution in [-0.2, 0) is 14.3 Å². The fourth-order valence-corrected chi connectivity index (χ4v) is 3.80. The zero-order valence-corrected chi connectivity index (χ0v) is 17.5. The van der Waals surface area contributed by atoms with Crippen molar-refractivity contribution in [2.45, 2.75) is 19.3 Å². The molecule has 0 aliphatic heterocycles. The number of carbonyl (C=O) groups is 2. The van der Waals surface area contributed by atoms with E-state index in [1.807, 2.05) is 0 Å². The standard InChI is InChI=1S/C23H23NO7/c1-4-31-23(26)22-18(15-6-5-7-17(10-15)24(27)28)11-16(12-19(22)25)14-8-9-20(29-2)21(13-14)30-3/h5-10,12-13,18,22H,4,11H2,1-3H3/t18-,22+/m1/s1. The number of nitrogens with zero attached hydrogens (tertiary/aromatic N) is 1. The lowest BCUT2D eigenvalue weighted by atomic mass is 9.73. The molecule has 0 saturated carbocycles. The van der Waals surface area contributed by atoms with Crippen LogP contribution in [-0.4, -0.2) is 37.5 Å². The first-order chi connectivity index (χ1) is 14.9. The van der Waals surface area contributed by atoms with Crippen LogP contribution in [0.5, 0.6) is 11.5 Å². The summed E-state index contributed by atoms with van der Waals surface area (Å²) in [6.07, 6.45) is 1.77. The van der Waals surface area contributed by atoms with Crippen LogP contribution < -0.4 is 9.47 Å². The van der Waals surface area contributed by atoms with Crippen LogP contribution in [0.15, 0.2) is 48.5 Å². The van der Waals surface area contributed by atoms with Gasteiger partial charge in [-0.2, -0.15) is 0 Å². The molecule has 0 spiro atoms. The highest BCUT2D eigenvalue weighted by molar-refractivity contribution is 6.10. The van der Waals surface area contributed by atoms with Crippen molar-refractivity contribution < 1.29 is 28.7 Å². The van der Waals surface area contributed by atoms with Gasteiger partial charge in [0, 0.05) is 18.1 Å². The SMILES string of the molecule is CCOC(=O)[C@@H]1C(=O)C=C(c2ccc(OC)c(OC)c2)C[C@@H]1c1cccc([N+](=O)[O-])c1. The number of non-ortho nitro benzene ring substituents is 1. The molecular weight excluding hydrogens is 402 g/mol. The van der Waals surface area contributed by atoms with Crippen LogP contribution >= 0.6 is 0 Å². The minimum atomic E-state index is -1.06. The van der Waals surface area contributed by atoms with E-state index in [0.717, 1.165) is 5.56 Å². The lowest BCUT2D eigenvalue weighted by Crippen LogP contribution is -2.34. The minimum absolute atomic E-state index is 0.102. The Morgan fingerprint density at radius 1 is 1.13 bits per heavy atom. The molecule has 31 heavy (non-hydrogen) atoms. The highest BCUT2D eigenvalue weighted by atomic mass is 16.6. The minimum Gasteiger partial charge on any atom is -0.493 e. The maximum Gasteiger partial charge on any atom is 0.317 e. The predicted octanol–water partition coefficient (Wildman–Crippen LogP) is 3.93. The van der Waals surface area contributed by atoms with Crippen LogP contribution in [0.1, 0.15) is 30.4 Å². The van der Waals surface area contributed by atoms with Gasteiger partial charge < -0.3 is 14.2 Å². The molecule has 8 heteroatoms. The van der Waals surface area contributed by atoms with Gasteiger partial charge in [0.2, 0.25) is 0 Å². The number of benzene rings is 2. The number of nitro benzene ring substituents is 1. The second kappa shape index (κ2) is 9.42. The number of rotatable bonds is 7. The molecular formula is C23H23NO7. The number of hydrogen-bond acceptors (Lipinski definition) is 7. The zero-order valence-electron chi connectivity index (χ0n) is 17.5. The summed E-state index contributed by atoms with van der Waals surface area (Å²) in [5, 5.41) is 11.2. The number of esters is 1. The monoisotopic (exact) mass is 425 g/mol. The molecule has 0 aromatic heterocycles. The number of carbonyl (C=O) groups excluding carboxylic acids is 2. The van der Waals surface area contributed by atoms with E-state index in [1.54, 1.807) is 37.3 Å². The summed E-state index contributed by atoms with van der Waals surface area (Å²) < 4.78 is 15.7. The molecule has 2 atom stereocenters. The molecule has 0 radical (unpaired) electrons. The molecule has 2 aromatic carbocycles. The number of hydrogen-bond donors (Lipinski definition) is 0. The molecule has 1 aliphatic carbocycles. The number of ether oxygens (including phenoxy) is 3. The lowest BCUT2D eigenvalue weighted by Gasteiger charge is -2.29. The maximum atomic E-state index is 13.0.